The molecule has 0 spiro atoms. The highest BCUT2D eigenvalue weighted by Gasteiger charge is 2.10. The fourth-order valence-electron chi connectivity index (χ4n) is 1.53. The van der Waals surface area contributed by atoms with Gasteiger partial charge < -0.3 is 5.32 Å². The summed E-state index contributed by atoms with van der Waals surface area (Å²) in [6, 6.07) is 6.86. The number of halogens is 2. The molecule has 94 valence electrons. The number of carbonyl (C=O) groups is 1. The highest BCUT2D eigenvalue weighted by atomic mass is 35.5. The fourth-order valence-corrected chi connectivity index (χ4v) is 2.15. The van der Waals surface area contributed by atoms with E-state index in [4.69, 9.17) is 23.2 Å². The summed E-state index contributed by atoms with van der Waals surface area (Å²) in [5.41, 5.74) is 0.561. The van der Waals surface area contributed by atoms with Gasteiger partial charge in [-0.15, -0.1) is 11.6 Å². The van der Waals surface area contributed by atoms with Crippen molar-refractivity contribution in [2.24, 2.45) is 5.92 Å². The number of alkyl halides is 1. The van der Waals surface area contributed by atoms with Crippen LogP contribution in [0.5, 0.6) is 0 Å². The lowest BCUT2D eigenvalue weighted by molar-refractivity contribution is 0.0953. The lowest BCUT2D eigenvalue weighted by Gasteiger charge is -2.13. The second-order valence-electron chi connectivity index (χ2n) is 4.45. The number of carbonyl (C=O) groups excluding carboxylic acids is 1. The predicted octanol–water partition coefficient (Wildman–Crippen LogP) is 3.72. The third-order valence-corrected chi connectivity index (χ3v) is 2.87. The normalized spacial score (nSPS) is 12.5. The van der Waals surface area contributed by atoms with Crippen LogP contribution in [0.4, 0.5) is 0 Å². The highest BCUT2D eigenvalue weighted by molar-refractivity contribution is 6.31. The van der Waals surface area contributed by atoms with Gasteiger partial charge in [0.15, 0.2) is 0 Å². The third kappa shape index (κ3) is 5.42. The largest absolute Gasteiger partial charge is 0.351 e. The zero-order chi connectivity index (χ0) is 12.8. The van der Waals surface area contributed by atoms with Crippen molar-refractivity contribution >= 4 is 29.1 Å². The van der Waals surface area contributed by atoms with E-state index in [9.17, 15) is 4.79 Å². The van der Waals surface area contributed by atoms with E-state index in [1.165, 1.54) is 0 Å². The molecular weight excluding hydrogens is 257 g/mol. The van der Waals surface area contributed by atoms with Gasteiger partial charge in [-0.05, 0) is 30.5 Å². The zero-order valence-corrected chi connectivity index (χ0v) is 11.6. The minimum Gasteiger partial charge on any atom is -0.351 e. The first-order chi connectivity index (χ1) is 7.99. The molecule has 0 bridgehead atoms. The molecule has 0 saturated carbocycles. The van der Waals surface area contributed by atoms with Gasteiger partial charge in [-0.1, -0.05) is 31.5 Å². The Morgan fingerprint density at radius 1 is 1.41 bits per heavy atom. The van der Waals surface area contributed by atoms with Crippen molar-refractivity contribution in [1.82, 2.24) is 5.32 Å². The molecule has 1 unspecified atom stereocenters. The van der Waals surface area contributed by atoms with Crippen LogP contribution in [0, 0.1) is 5.92 Å². The summed E-state index contributed by atoms with van der Waals surface area (Å²) in [6.07, 6.45) is 0.886. The Morgan fingerprint density at radius 3 is 2.71 bits per heavy atom. The Bertz CT molecular complexity index is 379. The first kappa shape index (κ1) is 14.3. The van der Waals surface area contributed by atoms with Crippen LogP contribution in [-0.4, -0.2) is 17.8 Å². The molecule has 0 aliphatic carbocycles. The Labute approximate surface area is 112 Å². The molecule has 1 atom stereocenters. The molecule has 17 heavy (non-hydrogen) atoms. The van der Waals surface area contributed by atoms with Crippen LogP contribution in [0.2, 0.25) is 5.02 Å². The molecule has 1 N–H and O–H groups in total. The van der Waals surface area contributed by atoms with Crippen molar-refractivity contribution in [2.75, 3.05) is 6.54 Å². The van der Waals surface area contributed by atoms with Crippen molar-refractivity contribution in [2.45, 2.75) is 25.6 Å². The molecule has 0 saturated heterocycles. The number of rotatable bonds is 5. The van der Waals surface area contributed by atoms with Gasteiger partial charge in [-0.2, -0.15) is 0 Å². The minimum atomic E-state index is -0.137. The number of hydrogen-bond donors (Lipinski definition) is 1. The van der Waals surface area contributed by atoms with Gasteiger partial charge in [0.05, 0.1) is 5.38 Å². The molecule has 0 radical (unpaired) electrons. The van der Waals surface area contributed by atoms with Crippen LogP contribution in [-0.2, 0) is 0 Å². The SMILES string of the molecule is CC(C)CC(Cl)CNC(=O)c1cccc(Cl)c1. The van der Waals surface area contributed by atoms with Crippen LogP contribution >= 0.6 is 23.2 Å². The van der Waals surface area contributed by atoms with Gasteiger partial charge in [0.2, 0.25) is 0 Å². The van der Waals surface area contributed by atoms with Crippen LogP contribution in [0.25, 0.3) is 0 Å². The summed E-state index contributed by atoms with van der Waals surface area (Å²) < 4.78 is 0. The van der Waals surface area contributed by atoms with E-state index < -0.39 is 0 Å². The number of benzene rings is 1. The van der Waals surface area contributed by atoms with Crippen LogP contribution in [0.1, 0.15) is 30.6 Å². The number of hydrogen-bond acceptors (Lipinski definition) is 1. The molecule has 4 heteroatoms. The summed E-state index contributed by atoms with van der Waals surface area (Å²) in [7, 11) is 0. The van der Waals surface area contributed by atoms with Crippen LogP contribution in [0.15, 0.2) is 24.3 Å². The first-order valence-electron chi connectivity index (χ1n) is 5.67. The summed E-state index contributed by atoms with van der Waals surface area (Å²) in [5, 5.41) is 3.33. The molecule has 0 aromatic heterocycles. The van der Waals surface area contributed by atoms with Crippen molar-refractivity contribution < 1.29 is 4.79 Å². The molecule has 1 amide bonds. The van der Waals surface area contributed by atoms with E-state index in [0.717, 1.165) is 6.42 Å². The van der Waals surface area contributed by atoms with Crippen LogP contribution in [0.3, 0.4) is 0 Å². The van der Waals surface area contributed by atoms with E-state index in [1.54, 1.807) is 24.3 Å². The van der Waals surface area contributed by atoms with Crippen molar-refractivity contribution in [1.29, 1.82) is 0 Å². The van der Waals surface area contributed by atoms with Gasteiger partial charge >= 0.3 is 0 Å². The minimum absolute atomic E-state index is 0.0295. The standard InChI is InChI=1S/C13H17Cl2NO/c1-9(2)6-12(15)8-16-13(17)10-4-3-5-11(14)7-10/h3-5,7,9,12H,6,8H2,1-2H3,(H,16,17). The summed E-state index contributed by atoms with van der Waals surface area (Å²) in [5.74, 6) is 0.391. The lowest BCUT2D eigenvalue weighted by atomic mass is 10.1. The molecule has 1 aromatic rings. The van der Waals surface area contributed by atoms with Gasteiger partial charge in [0.25, 0.3) is 5.91 Å². The topological polar surface area (TPSA) is 29.1 Å². The summed E-state index contributed by atoms with van der Waals surface area (Å²) in [6.45, 7) is 4.69. The van der Waals surface area contributed by atoms with Crippen molar-refractivity contribution in [3.05, 3.63) is 34.9 Å². The van der Waals surface area contributed by atoms with E-state index in [2.05, 4.69) is 19.2 Å². The Kier molecular flexibility index (Phi) is 5.79. The predicted molar refractivity (Wildman–Crippen MR) is 72.9 cm³/mol. The molecule has 2 nitrogen and oxygen atoms in total. The zero-order valence-electron chi connectivity index (χ0n) is 10.0. The first-order valence-corrected chi connectivity index (χ1v) is 6.48. The Morgan fingerprint density at radius 2 is 2.12 bits per heavy atom. The Hall–Kier alpha value is -0.730. The summed E-state index contributed by atoms with van der Waals surface area (Å²) >= 11 is 11.9. The van der Waals surface area contributed by atoms with E-state index in [-0.39, 0.29) is 11.3 Å². The van der Waals surface area contributed by atoms with Gasteiger partial charge in [-0.3, -0.25) is 4.79 Å². The smallest absolute Gasteiger partial charge is 0.251 e. The van der Waals surface area contributed by atoms with Crippen molar-refractivity contribution in [3.8, 4) is 0 Å². The molecule has 0 aliphatic heterocycles. The molecule has 1 aromatic carbocycles. The van der Waals surface area contributed by atoms with Crippen LogP contribution < -0.4 is 5.32 Å². The molecular formula is C13H17Cl2NO. The monoisotopic (exact) mass is 273 g/mol. The maximum atomic E-state index is 11.8. The highest BCUT2D eigenvalue weighted by Crippen LogP contribution is 2.12. The maximum absolute atomic E-state index is 11.8. The Balaban J connectivity index is 2.45. The van der Waals surface area contributed by atoms with Gasteiger partial charge in [-0.25, -0.2) is 0 Å². The molecule has 0 aliphatic rings. The average Bonchev–Trinajstić information content (AvgIpc) is 2.25. The maximum Gasteiger partial charge on any atom is 0.251 e. The third-order valence-electron chi connectivity index (χ3n) is 2.30. The second-order valence-corrected chi connectivity index (χ2v) is 5.50. The van der Waals surface area contributed by atoms with E-state index in [1.807, 2.05) is 0 Å². The lowest BCUT2D eigenvalue weighted by Crippen LogP contribution is -2.30. The van der Waals surface area contributed by atoms with E-state index in [0.29, 0.717) is 23.0 Å². The summed E-state index contributed by atoms with van der Waals surface area (Å²) in [4.78, 5) is 11.8. The number of nitrogens with one attached hydrogen (secondary N) is 1. The molecule has 0 heterocycles. The van der Waals surface area contributed by atoms with Gasteiger partial charge in [0.1, 0.15) is 0 Å². The average molecular weight is 274 g/mol. The van der Waals surface area contributed by atoms with E-state index >= 15 is 0 Å². The molecule has 1 rings (SSSR count). The number of amides is 1. The van der Waals surface area contributed by atoms with Crippen molar-refractivity contribution in [3.63, 3.8) is 0 Å². The fraction of sp³-hybridized carbons (Fsp3) is 0.462. The second kappa shape index (κ2) is 6.87. The quantitative estimate of drug-likeness (QED) is 0.814. The molecule has 0 fully saturated rings. The van der Waals surface area contributed by atoms with Gasteiger partial charge in [0, 0.05) is 17.1 Å².